The normalized spacial score (nSPS) is 15.5. The van der Waals surface area contributed by atoms with E-state index in [-0.39, 0.29) is 5.82 Å². The van der Waals surface area contributed by atoms with E-state index in [0.717, 1.165) is 43.5 Å². The second-order valence-electron chi connectivity index (χ2n) is 4.74. The van der Waals surface area contributed by atoms with Crippen molar-refractivity contribution in [2.75, 3.05) is 25.0 Å². The number of halogens is 1. The summed E-state index contributed by atoms with van der Waals surface area (Å²) in [5, 5.41) is 6.55. The number of hydrogen-bond donors (Lipinski definition) is 3. The molecule has 5 heteroatoms. The Morgan fingerprint density at radius 3 is 3.16 bits per heavy atom. The Balaban J connectivity index is 1.60. The molecule has 0 unspecified atom stereocenters. The molecular weight excluding hydrogens is 243 g/mol. The highest BCUT2D eigenvalue weighted by Crippen LogP contribution is 2.16. The van der Waals surface area contributed by atoms with Crippen molar-refractivity contribution in [3.8, 4) is 0 Å². The molecule has 0 saturated heterocycles. The van der Waals surface area contributed by atoms with Gasteiger partial charge < -0.3 is 15.6 Å². The maximum absolute atomic E-state index is 13.1. The number of hydrogen-bond acceptors (Lipinski definition) is 3. The number of nitrogens with one attached hydrogen (secondary N) is 3. The first-order valence-electron chi connectivity index (χ1n) is 6.59. The first-order chi connectivity index (χ1) is 9.31. The Bertz CT molecular complexity index is 603. The molecular formula is C14H17FN4. The number of rotatable bonds is 4. The van der Waals surface area contributed by atoms with Crippen LogP contribution < -0.4 is 10.6 Å². The van der Waals surface area contributed by atoms with Crippen molar-refractivity contribution in [2.24, 2.45) is 0 Å². The van der Waals surface area contributed by atoms with E-state index in [2.05, 4.69) is 26.7 Å². The van der Waals surface area contributed by atoms with Crippen LogP contribution in [-0.4, -0.2) is 29.6 Å². The van der Waals surface area contributed by atoms with Crippen LogP contribution in [0.3, 0.4) is 0 Å². The van der Waals surface area contributed by atoms with Crippen molar-refractivity contribution in [3.63, 3.8) is 0 Å². The molecule has 1 aliphatic heterocycles. The maximum Gasteiger partial charge on any atom is 0.201 e. The fourth-order valence-electron chi connectivity index (χ4n) is 2.30. The highest BCUT2D eigenvalue weighted by Gasteiger charge is 2.05. The third kappa shape index (κ3) is 2.93. The average Bonchev–Trinajstić information content (AvgIpc) is 2.82. The molecule has 0 aliphatic carbocycles. The lowest BCUT2D eigenvalue weighted by atomic mass is 10.1. The molecule has 2 heterocycles. The highest BCUT2D eigenvalue weighted by atomic mass is 19.1. The predicted molar refractivity (Wildman–Crippen MR) is 74.7 cm³/mol. The molecule has 0 atom stereocenters. The van der Waals surface area contributed by atoms with Gasteiger partial charge >= 0.3 is 0 Å². The molecule has 0 fully saturated rings. The van der Waals surface area contributed by atoms with E-state index in [0.29, 0.717) is 5.95 Å². The highest BCUT2D eigenvalue weighted by molar-refractivity contribution is 5.77. The van der Waals surface area contributed by atoms with Crippen LogP contribution in [0.1, 0.15) is 12.8 Å². The Labute approximate surface area is 111 Å². The average molecular weight is 260 g/mol. The van der Waals surface area contributed by atoms with Crippen LogP contribution >= 0.6 is 0 Å². The molecule has 0 spiro atoms. The van der Waals surface area contributed by atoms with Crippen molar-refractivity contribution < 1.29 is 4.39 Å². The summed E-state index contributed by atoms with van der Waals surface area (Å²) in [7, 11) is 0. The summed E-state index contributed by atoms with van der Waals surface area (Å²) in [6, 6.07) is 4.57. The quantitative estimate of drug-likeness (QED) is 0.740. The van der Waals surface area contributed by atoms with Gasteiger partial charge in [-0.2, -0.15) is 0 Å². The summed E-state index contributed by atoms with van der Waals surface area (Å²) in [5.41, 5.74) is 2.99. The first-order valence-corrected chi connectivity index (χ1v) is 6.59. The summed E-state index contributed by atoms with van der Waals surface area (Å²) in [4.78, 5) is 7.45. The molecule has 0 amide bonds. The van der Waals surface area contributed by atoms with Crippen molar-refractivity contribution in [1.82, 2.24) is 15.3 Å². The van der Waals surface area contributed by atoms with E-state index in [9.17, 15) is 4.39 Å². The van der Waals surface area contributed by atoms with Gasteiger partial charge in [0.1, 0.15) is 5.82 Å². The second-order valence-corrected chi connectivity index (χ2v) is 4.74. The van der Waals surface area contributed by atoms with Gasteiger partial charge in [0.05, 0.1) is 11.0 Å². The second kappa shape index (κ2) is 5.40. The lowest BCUT2D eigenvalue weighted by Crippen LogP contribution is -2.21. The van der Waals surface area contributed by atoms with Crippen LogP contribution in [0.4, 0.5) is 10.3 Å². The number of imidazole rings is 1. The Kier molecular flexibility index (Phi) is 3.46. The summed E-state index contributed by atoms with van der Waals surface area (Å²) in [6.45, 7) is 2.88. The molecule has 1 aromatic heterocycles. The minimum Gasteiger partial charge on any atom is -0.355 e. The monoisotopic (exact) mass is 260 g/mol. The van der Waals surface area contributed by atoms with E-state index < -0.39 is 0 Å². The smallest absolute Gasteiger partial charge is 0.201 e. The van der Waals surface area contributed by atoms with E-state index in [1.54, 1.807) is 6.07 Å². The Hall–Kier alpha value is -1.88. The molecule has 3 N–H and O–H groups in total. The van der Waals surface area contributed by atoms with Crippen molar-refractivity contribution in [3.05, 3.63) is 35.7 Å². The Morgan fingerprint density at radius 1 is 1.37 bits per heavy atom. The fourth-order valence-corrected chi connectivity index (χ4v) is 2.30. The number of aromatic nitrogens is 2. The third-order valence-electron chi connectivity index (χ3n) is 3.34. The number of nitrogens with zero attached hydrogens (tertiary/aromatic N) is 1. The zero-order valence-electron chi connectivity index (χ0n) is 10.7. The van der Waals surface area contributed by atoms with Gasteiger partial charge in [0.2, 0.25) is 5.95 Å². The van der Waals surface area contributed by atoms with Gasteiger partial charge in [-0.1, -0.05) is 11.6 Å². The lowest BCUT2D eigenvalue weighted by Gasteiger charge is -2.13. The predicted octanol–water partition coefficient (Wildman–Crippen LogP) is 2.42. The molecule has 4 nitrogen and oxygen atoms in total. The molecule has 0 bridgehead atoms. The molecule has 0 radical (unpaired) electrons. The zero-order valence-corrected chi connectivity index (χ0v) is 10.7. The topological polar surface area (TPSA) is 52.7 Å². The fraction of sp³-hybridized carbons (Fsp3) is 0.357. The van der Waals surface area contributed by atoms with Gasteiger partial charge in [0, 0.05) is 13.1 Å². The van der Waals surface area contributed by atoms with E-state index >= 15 is 0 Å². The number of anilines is 1. The number of fused-ring (bicyclic) bond motifs is 1. The zero-order chi connectivity index (χ0) is 13.1. The van der Waals surface area contributed by atoms with Gasteiger partial charge in [0.15, 0.2) is 0 Å². The van der Waals surface area contributed by atoms with Crippen LogP contribution in [0.2, 0.25) is 0 Å². The van der Waals surface area contributed by atoms with E-state index in [4.69, 9.17) is 0 Å². The molecule has 1 aromatic carbocycles. The molecule has 1 aliphatic rings. The number of aromatic amines is 1. The largest absolute Gasteiger partial charge is 0.355 e. The lowest BCUT2D eigenvalue weighted by molar-refractivity contribution is 0.629. The van der Waals surface area contributed by atoms with Crippen molar-refractivity contribution in [2.45, 2.75) is 12.8 Å². The van der Waals surface area contributed by atoms with E-state index in [1.807, 2.05) is 0 Å². The molecule has 100 valence electrons. The summed E-state index contributed by atoms with van der Waals surface area (Å²) in [6.07, 6.45) is 4.39. The minimum atomic E-state index is -0.248. The van der Waals surface area contributed by atoms with Crippen molar-refractivity contribution >= 4 is 17.0 Å². The summed E-state index contributed by atoms with van der Waals surface area (Å²) < 4.78 is 13.1. The maximum atomic E-state index is 13.1. The molecule has 0 saturated carbocycles. The molecule has 2 aromatic rings. The Morgan fingerprint density at radius 2 is 2.32 bits per heavy atom. The van der Waals surface area contributed by atoms with Gasteiger partial charge in [0.25, 0.3) is 0 Å². The van der Waals surface area contributed by atoms with Crippen molar-refractivity contribution in [1.29, 1.82) is 0 Å². The SMILES string of the molecule is Fc1ccc2nc(NCCC3=CCNCC3)[nH]c2c1. The van der Waals surface area contributed by atoms with Crippen LogP contribution in [-0.2, 0) is 0 Å². The first kappa shape index (κ1) is 12.2. The standard InChI is InChI=1S/C14H17FN4/c15-11-1-2-12-13(9-11)19-14(18-12)17-8-5-10-3-6-16-7-4-10/h1-3,9,16H,4-8H2,(H2,17,18,19). The van der Waals surface area contributed by atoms with Gasteiger partial charge in [-0.15, -0.1) is 0 Å². The van der Waals surface area contributed by atoms with Gasteiger partial charge in [-0.3, -0.25) is 0 Å². The molecule has 3 rings (SSSR count). The van der Waals surface area contributed by atoms with Crippen LogP contribution in [0.25, 0.3) is 11.0 Å². The van der Waals surface area contributed by atoms with Crippen LogP contribution in [0.5, 0.6) is 0 Å². The minimum absolute atomic E-state index is 0.248. The summed E-state index contributed by atoms with van der Waals surface area (Å²) in [5.74, 6) is 0.456. The van der Waals surface area contributed by atoms with Crippen LogP contribution in [0, 0.1) is 5.82 Å². The van der Waals surface area contributed by atoms with Gasteiger partial charge in [-0.25, -0.2) is 9.37 Å². The summed E-state index contributed by atoms with van der Waals surface area (Å²) >= 11 is 0. The van der Waals surface area contributed by atoms with E-state index in [1.165, 1.54) is 17.7 Å². The number of benzene rings is 1. The van der Waals surface area contributed by atoms with Gasteiger partial charge in [-0.05, 0) is 37.6 Å². The number of H-pyrrole nitrogens is 1. The molecule has 19 heavy (non-hydrogen) atoms. The third-order valence-corrected chi connectivity index (χ3v) is 3.34. The van der Waals surface area contributed by atoms with Crippen LogP contribution in [0.15, 0.2) is 29.8 Å².